The van der Waals surface area contributed by atoms with E-state index in [9.17, 15) is 18.5 Å². The van der Waals surface area contributed by atoms with E-state index in [-0.39, 0.29) is 17.5 Å². The maximum Gasteiger partial charge on any atom is 0.289 e. The van der Waals surface area contributed by atoms with Gasteiger partial charge in [0, 0.05) is 19.2 Å². The average Bonchev–Trinajstić information content (AvgIpc) is 2.89. The third kappa shape index (κ3) is 3.28. The van der Waals surface area contributed by atoms with E-state index >= 15 is 0 Å². The van der Waals surface area contributed by atoms with Crippen LogP contribution in [0, 0.1) is 10.1 Å². The Morgan fingerprint density at radius 3 is 2.79 bits per heavy atom. The largest absolute Gasteiger partial charge is 0.377 e. The standard InChI is InChI=1S/C11H14N2O5S/c14-13(15)10-5-1-2-6-11(10)19(16,17)12-8-9-4-3-7-18-9/h1-2,5-6,9,12H,3-4,7-8H2. The van der Waals surface area contributed by atoms with Crippen LogP contribution in [0.2, 0.25) is 0 Å². The summed E-state index contributed by atoms with van der Waals surface area (Å²) in [5, 5.41) is 10.8. The summed E-state index contributed by atoms with van der Waals surface area (Å²) in [5.41, 5.74) is -0.428. The van der Waals surface area contributed by atoms with Gasteiger partial charge in [0.15, 0.2) is 4.90 Å². The minimum Gasteiger partial charge on any atom is -0.377 e. The first-order chi connectivity index (χ1) is 9.00. The number of hydrogen-bond donors (Lipinski definition) is 1. The molecule has 0 amide bonds. The van der Waals surface area contributed by atoms with Gasteiger partial charge in [-0.1, -0.05) is 12.1 Å². The zero-order valence-corrected chi connectivity index (χ0v) is 10.9. The Bertz CT molecular complexity index is 566. The van der Waals surface area contributed by atoms with Gasteiger partial charge >= 0.3 is 0 Å². The van der Waals surface area contributed by atoms with E-state index in [1.54, 1.807) is 0 Å². The van der Waals surface area contributed by atoms with E-state index in [0.29, 0.717) is 6.61 Å². The summed E-state index contributed by atoms with van der Waals surface area (Å²) in [5.74, 6) is 0. The molecule has 1 atom stereocenters. The van der Waals surface area contributed by atoms with E-state index in [1.165, 1.54) is 24.3 Å². The zero-order chi connectivity index (χ0) is 13.9. The molecule has 19 heavy (non-hydrogen) atoms. The first kappa shape index (κ1) is 13.9. The molecule has 1 aromatic rings. The lowest BCUT2D eigenvalue weighted by atomic mass is 10.2. The Hall–Kier alpha value is -1.51. The highest BCUT2D eigenvalue weighted by atomic mass is 32.2. The van der Waals surface area contributed by atoms with Crippen molar-refractivity contribution in [2.75, 3.05) is 13.2 Å². The van der Waals surface area contributed by atoms with Crippen LogP contribution in [0.4, 0.5) is 5.69 Å². The molecule has 104 valence electrons. The van der Waals surface area contributed by atoms with Crippen LogP contribution in [0.25, 0.3) is 0 Å². The SMILES string of the molecule is O=[N+]([O-])c1ccccc1S(=O)(=O)NCC1CCCO1. The summed E-state index contributed by atoms with van der Waals surface area (Å²) in [6, 6.07) is 5.27. The quantitative estimate of drug-likeness (QED) is 0.644. The van der Waals surface area contributed by atoms with Crippen LogP contribution in [0.5, 0.6) is 0 Å². The average molecular weight is 286 g/mol. The molecule has 7 nitrogen and oxygen atoms in total. The number of nitrogens with one attached hydrogen (secondary N) is 1. The van der Waals surface area contributed by atoms with Gasteiger partial charge in [0.25, 0.3) is 5.69 Å². The molecule has 1 aliphatic heterocycles. The number of benzene rings is 1. The van der Waals surface area contributed by atoms with Crippen molar-refractivity contribution in [1.29, 1.82) is 0 Å². The summed E-state index contributed by atoms with van der Waals surface area (Å²) in [6.45, 7) is 0.756. The number of rotatable bonds is 5. The number of para-hydroxylation sites is 1. The van der Waals surface area contributed by atoms with Crippen LogP contribution in [-0.4, -0.2) is 32.6 Å². The first-order valence-electron chi connectivity index (χ1n) is 5.85. The Morgan fingerprint density at radius 2 is 2.16 bits per heavy atom. The van der Waals surface area contributed by atoms with Crippen LogP contribution in [0.15, 0.2) is 29.2 Å². The number of nitrogens with zero attached hydrogens (tertiary/aromatic N) is 1. The van der Waals surface area contributed by atoms with Crippen LogP contribution < -0.4 is 4.72 Å². The molecular formula is C11H14N2O5S. The number of nitro benzene ring substituents is 1. The van der Waals surface area contributed by atoms with Crippen molar-refractivity contribution in [3.05, 3.63) is 34.4 Å². The summed E-state index contributed by atoms with van der Waals surface area (Å²) in [4.78, 5) is 9.79. The van der Waals surface area contributed by atoms with Crippen molar-refractivity contribution in [3.8, 4) is 0 Å². The van der Waals surface area contributed by atoms with Crippen molar-refractivity contribution < 1.29 is 18.1 Å². The van der Waals surface area contributed by atoms with Gasteiger partial charge in [-0.05, 0) is 18.9 Å². The molecule has 1 unspecified atom stereocenters. The number of sulfonamides is 1. The third-order valence-electron chi connectivity index (χ3n) is 2.88. The maximum atomic E-state index is 12.0. The minimum absolute atomic E-state index is 0.133. The topological polar surface area (TPSA) is 98.5 Å². The summed E-state index contributed by atoms with van der Waals surface area (Å²) in [7, 11) is -3.90. The van der Waals surface area contributed by atoms with Crippen LogP contribution in [0.3, 0.4) is 0 Å². The maximum absolute atomic E-state index is 12.0. The van der Waals surface area contributed by atoms with E-state index in [2.05, 4.69) is 4.72 Å². The fraction of sp³-hybridized carbons (Fsp3) is 0.455. The van der Waals surface area contributed by atoms with Crippen LogP contribution in [0.1, 0.15) is 12.8 Å². The molecule has 0 radical (unpaired) electrons. The lowest BCUT2D eigenvalue weighted by Crippen LogP contribution is -2.32. The predicted octanol–water partition coefficient (Wildman–Crippen LogP) is 1.05. The molecule has 0 aromatic heterocycles. The highest BCUT2D eigenvalue weighted by Crippen LogP contribution is 2.22. The lowest BCUT2D eigenvalue weighted by molar-refractivity contribution is -0.387. The van der Waals surface area contributed by atoms with E-state index in [4.69, 9.17) is 4.74 Å². The molecule has 1 N–H and O–H groups in total. The second-order valence-corrected chi connectivity index (χ2v) is 5.95. The molecule has 2 rings (SSSR count). The molecule has 0 saturated carbocycles. The number of ether oxygens (including phenoxy) is 1. The van der Waals surface area contributed by atoms with Crippen molar-refractivity contribution in [2.45, 2.75) is 23.8 Å². The second-order valence-electron chi connectivity index (χ2n) is 4.21. The van der Waals surface area contributed by atoms with Crippen molar-refractivity contribution >= 4 is 15.7 Å². The fourth-order valence-electron chi connectivity index (χ4n) is 1.92. The monoisotopic (exact) mass is 286 g/mol. The molecule has 1 aliphatic rings. The molecule has 1 heterocycles. The van der Waals surface area contributed by atoms with E-state index < -0.39 is 20.6 Å². The van der Waals surface area contributed by atoms with Crippen molar-refractivity contribution in [3.63, 3.8) is 0 Å². The minimum atomic E-state index is -3.90. The third-order valence-corrected chi connectivity index (χ3v) is 4.35. The Morgan fingerprint density at radius 1 is 1.42 bits per heavy atom. The highest BCUT2D eigenvalue weighted by molar-refractivity contribution is 7.89. The number of hydrogen-bond acceptors (Lipinski definition) is 5. The zero-order valence-electron chi connectivity index (χ0n) is 10.1. The smallest absolute Gasteiger partial charge is 0.289 e. The molecule has 0 bridgehead atoms. The van der Waals surface area contributed by atoms with Gasteiger partial charge in [-0.15, -0.1) is 0 Å². The predicted molar refractivity (Wildman–Crippen MR) is 67.3 cm³/mol. The molecular weight excluding hydrogens is 272 g/mol. The lowest BCUT2D eigenvalue weighted by Gasteiger charge is -2.11. The Balaban J connectivity index is 2.17. The van der Waals surface area contributed by atoms with Gasteiger partial charge in [0.05, 0.1) is 11.0 Å². The number of nitro groups is 1. The second kappa shape index (κ2) is 5.64. The molecule has 1 fully saturated rings. The summed E-state index contributed by atoms with van der Waals surface area (Å²) >= 11 is 0. The summed E-state index contributed by atoms with van der Waals surface area (Å²) in [6.07, 6.45) is 1.54. The van der Waals surface area contributed by atoms with Gasteiger partial charge in [-0.3, -0.25) is 10.1 Å². The first-order valence-corrected chi connectivity index (χ1v) is 7.34. The normalized spacial score (nSPS) is 19.5. The Labute approximate surface area is 110 Å². The van der Waals surface area contributed by atoms with Gasteiger partial charge in [-0.25, -0.2) is 13.1 Å². The van der Waals surface area contributed by atoms with Gasteiger partial charge < -0.3 is 4.74 Å². The van der Waals surface area contributed by atoms with Gasteiger partial charge in [0.1, 0.15) is 0 Å². The summed E-state index contributed by atoms with van der Waals surface area (Å²) < 4.78 is 31.7. The molecule has 0 spiro atoms. The van der Waals surface area contributed by atoms with Gasteiger partial charge in [-0.2, -0.15) is 0 Å². The molecule has 8 heteroatoms. The fourth-order valence-corrected chi connectivity index (χ4v) is 3.16. The van der Waals surface area contributed by atoms with Crippen molar-refractivity contribution in [1.82, 2.24) is 4.72 Å². The molecule has 0 aliphatic carbocycles. The van der Waals surface area contributed by atoms with Crippen LogP contribution >= 0.6 is 0 Å². The Kier molecular flexibility index (Phi) is 4.13. The van der Waals surface area contributed by atoms with E-state index in [1.807, 2.05) is 0 Å². The van der Waals surface area contributed by atoms with Crippen molar-refractivity contribution in [2.24, 2.45) is 0 Å². The highest BCUT2D eigenvalue weighted by Gasteiger charge is 2.26. The molecule has 1 aromatic carbocycles. The van der Waals surface area contributed by atoms with Gasteiger partial charge in [0.2, 0.25) is 10.0 Å². The van der Waals surface area contributed by atoms with E-state index in [0.717, 1.165) is 12.8 Å². The van der Waals surface area contributed by atoms with Crippen LogP contribution in [-0.2, 0) is 14.8 Å². The molecule has 1 saturated heterocycles.